The van der Waals surface area contributed by atoms with Crippen molar-refractivity contribution in [2.75, 3.05) is 32.2 Å². The minimum absolute atomic E-state index is 0.290. The number of cyclic esters (lactones) is 1. The van der Waals surface area contributed by atoms with Gasteiger partial charge >= 0.3 is 5.97 Å². The second-order valence-corrected chi connectivity index (χ2v) is 9.36. The Morgan fingerprint density at radius 2 is 1.89 bits per heavy atom. The molecular formula is C27H23N3O5S. The minimum Gasteiger partial charge on any atom is -0.497 e. The number of methoxy groups -OCH3 is 1. The van der Waals surface area contributed by atoms with Gasteiger partial charge in [-0.05, 0) is 53.6 Å². The number of hydrogen-bond acceptors (Lipinski definition) is 9. The average molecular weight is 502 g/mol. The SMILES string of the molecule is COc1ccc(C2=C(Cc3ccc4c(c3)N(C)CCO4)C(O)(c3ccc4nsnc4c3)OC2=O)cc1. The Labute approximate surface area is 211 Å². The molecule has 1 N–H and O–H groups in total. The molecule has 0 saturated carbocycles. The molecule has 9 heteroatoms. The summed E-state index contributed by atoms with van der Waals surface area (Å²) in [6, 6.07) is 18.3. The zero-order chi connectivity index (χ0) is 24.9. The molecule has 182 valence electrons. The maximum atomic E-state index is 13.3. The van der Waals surface area contributed by atoms with Crippen LogP contribution in [-0.4, -0.2) is 47.1 Å². The van der Waals surface area contributed by atoms with E-state index in [1.807, 2.05) is 25.2 Å². The number of ether oxygens (including phenoxy) is 3. The lowest BCUT2D eigenvalue weighted by atomic mass is 9.87. The van der Waals surface area contributed by atoms with Gasteiger partial charge in [0.25, 0.3) is 5.79 Å². The molecule has 0 radical (unpaired) electrons. The van der Waals surface area contributed by atoms with Crippen LogP contribution >= 0.6 is 11.7 Å². The first-order chi connectivity index (χ1) is 17.5. The number of carbonyl (C=O) groups is 1. The fraction of sp³-hybridized carbons (Fsp3) is 0.222. The van der Waals surface area contributed by atoms with Gasteiger partial charge in [0, 0.05) is 24.6 Å². The van der Waals surface area contributed by atoms with E-state index in [-0.39, 0.29) is 6.42 Å². The molecule has 1 unspecified atom stereocenters. The molecule has 2 aliphatic rings. The Balaban J connectivity index is 1.50. The van der Waals surface area contributed by atoms with Crippen LogP contribution in [-0.2, 0) is 21.7 Å². The van der Waals surface area contributed by atoms with E-state index in [1.165, 1.54) is 0 Å². The number of benzene rings is 3. The lowest BCUT2D eigenvalue weighted by molar-refractivity contribution is -0.185. The molecule has 0 saturated heterocycles. The van der Waals surface area contributed by atoms with E-state index in [4.69, 9.17) is 14.2 Å². The maximum Gasteiger partial charge on any atom is 0.341 e. The van der Waals surface area contributed by atoms with Crippen LogP contribution in [0.3, 0.4) is 0 Å². The van der Waals surface area contributed by atoms with Crippen LogP contribution in [0.4, 0.5) is 5.69 Å². The number of esters is 1. The number of aromatic nitrogens is 2. The van der Waals surface area contributed by atoms with Gasteiger partial charge in [-0.25, -0.2) is 4.79 Å². The van der Waals surface area contributed by atoms with Gasteiger partial charge in [0.15, 0.2) is 0 Å². The summed E-state index contributed by atoms with van der Waals surface area (Å²) in [6.45, 7) is 1.41. The molecule has 2 aliphatic heterocycles. The first-order valence-corrected chi connectivity index (χ1v) is 12.2. The van der Waals surface area contributed by atoms with Gasteiger partial charge in [-0.1, -0.05) is 18.2 Å². The first kappa shape index (κ1) is 22.5. The van der Waals surface area contributed by atoms with Crippen LogP contribution < -0.4 is 14.4 Å². The van der Waals surface area contributed by atoms with Crippen LogP contribution in [0.2, 0.25) is 0 Å². The molecule has 8 nitrogen and oxygen atoms in total. The van der Waals surface area contributed by atoms with Crippen molar-refractivity contribution in [3.05, 3.63) is 82.9 Å². The van der Waals surface area contributed by atoms with Crippen LogP contribution in [0.5, 0.6) is 11.5 Å². The Morgan fingerprint density at radius 3 is 2.69 bits per heavy atom. The standard InChI is InChI=1S/C27H23N3O5S/c1-30-11-12-34-24-10-3-16(14-23(24)30)13-20-25(17-4-7-19(33-2)8-5-17)26(31)35-27(20,32)18-6-9-21-22(15-18)29-36-28-21/h3-10,14-15,32H,11-13H2,1-2H3. The average Bonchev–Trinajstić information content (AvgIpc) is 3.46. The molecule has 6 rings (SSSR count). The Bertz CT molecular complexity index is 1510. The Kier molecular flexibility index (Phi) is 5.39. The summed E-state index contributed by atoms with van der Waals surface area (Å²) in [5.41, 5.74) is 5.09. The number of aliphatic hydroxyl groups is 1. The number of nitrogens with zero attached hydrogens (tertiary/aromatic N) is 3. The Hall–Kier alpha value is -3.95. The van der Waals surface area contributed by atoms with Gasteiger partial charge in [-0.3, -0.25) is 0 Å². The summed E-state index contributed by atoms with van der Waals surface area (Å²) in [4.78, 5) is 15.4. The molecule has 0 spiro atoms. The molecule has 0 aliphatic carbocycles. The fourth-order valence-corrected chi connectivity index (χ4v) is 5.25. The van der Waals surface area contributed by atoms with E-state index >= 15 is 0 Å². The van der Waals surface area contributed by atoms with Crippen LogP contribution in [0.1, 0.15) is 16.7 Å². The van der Waals surface area contributed by atoms with Crippen molar-refractivity contribution in [2.45, 2.75) is 12.2 Å². The molecule has 0 bridgehead atoms. The van der Waals surface area contributed by atoms with Crippen molar-refractivity contribution < 1.29 is 24.1 Å². The second kappa shape index (κ2) is 8.61. The second-order valence-electron chi connectivity index (χ2n) is 8.83. The van der Waals surface area contributed by atoms with E-state index in [2.05, 4.69) is 13.6 Å². The van der Waals surface area contributed by atoms with E-state index in [1.54, 1.807) is 49.6 Å². The summed E-state index contributed by atoms with van der Waals surface area (Å²) in [5.74, 6) is -1.07. The third kappa shape index (κ3) is 3.68. The molecule has 3 aromatic carbocycles. The summed E-state index contributed by atoms with van der Waals surface area (Å²) in [6.07, 6.45) is 0.290. The largest absolute Gasteiger partial charge is 0.497 e. The van der Waals surface area contributed by atoms with Gasteiger partial charge in [0.05, 0.1) is 36.6 Å². The van der Waals surface area contributed by atoms with Crippen molar-refractivity contribution in [3.8, 4) is 11.5 Å². The maximum absolute atomic E-state index is 13.3. The summed E-state index contributed by atoms with van der Waals surface area (Å²) in [7, 11) is 3.60. The molecular weight excluding hydrogens is 478 g/mol. The smallest absolute Gasteiger partial charge is 0.341 e. The topological polar surface area (TPSA) is 94.0 Å². The highest BCUT2D eigenvalue weighted by molar-refractivity contribution is 7.00. The van der Waals surface area contributed by atoms with Crippen molar-refractivity contribution in [2.24, 2.45) is 0 Å². The molecule has 36 heavy (non-hydrogen) atoms. The van der Waals surface area contributed by atoms with Crippen LogP contribution in [0, 0.1) is 0 Å². The summed E-state index contributed by atoms with van der Waals surface area (Å²) in [5, 5.41) is 12.0. The number of carbonyl (C=O) groups excluding carboxylic acids is 1. The molecule has 3 heterocycles. The quantitative estimate of drug-likeness (QED) is 0.411. The third-order valence-electron chi connectivity index (χ3n) is 6.68. The lowest BCUT2D eigenvalue weighted by Gasteiger charge is -2.29. The van der Waals surface area contributed by atoms with E-state index in [9.17, 15) is 9.90 Å². The van der Waals surface area contributed by atoms with Gasteiger partial charge < -0.3 is 24.2 Å². The Morgan fingerprint density at radius 1 is 1.08 bits per heavy atom. The predicted octanol–water partition coefficient (Wildman–Crippen LogP) is 3.93. The van der Waals surface area contributed by atoms with Crippen molar-refractivity contribution in [1.29, 1.82) is 0 Å². The zero-order valence-electron chi connectivity index (χ0n) is 19.7. The normalized spacial score (nSPS) is 19.3. The van der Waals surface area contributed by atoms with Gasteiger partial charge in [-0.15, -0.1) is 0 Å². The van der Waals surface area contributed by atoms with E-state index in [0.717, 1.165) is 40.8 Å². The predicted molar refractivity (Wildman–Crippen MR) is 136 cm³/mol. The van der Waals surface area contributed by atoms with Crippen molar-refractivity contribution in [1.82, 2.24) is 8.75 Å². The lowest BCUT2D eigenvalue weighted by Crippen LogP contribution is -2.30. The van der Waals surface area contributed by atoms with Crippen molar-refractivity contribution >= 4 is 40.0 Å². The number of hydrogen-bond donors (Lipinski definition) is 1. The number of anilines is 1. The molecule has 1 atom stereocenters. The van der Waals surface area contributed by atoms with Crippen LogP contribution in [0.25, 0.3) is 16.6 Å². The number of fused-ring (bicyclic) bond motifs is 2. The number of rotatable bonds is 5. The van der Waals surface area contributed by atoms with E-state index in [0.29, 0.717) is 40.1 Å². The van der Waals surface area contributed by atoms with Gasteiger partial charge in [-0.2, -0.15) is 8.75 Å². The molecule has 0 fully saturated rings. The van der Waals surface area contributed by atoms with Gasteiger partial charge in [0.2, 0.25) is 0 Å². The molecule has 1 aromatic heterocycles. The first-order valence-electron chi connectivity index (χ1n) is 11.5. The van der Waals surface area contributed by atoms with Crippen LogP contribution in [0.15, 0.2) is 66.2 Å². The highest BCUT2D eigenvalue weighted by Gasteiger charge is 2.48. The highest BCUT2D eigenvalue weighted by Crippen LogP contribution is 2.46. The zero-order valence-corrected chi connectivity index (χ0v) is 20.5. The molecule has 0 amide bonds. The highest BCUT2D eigenvalue weighted by atomic mass is 32.1. The minimum atomic E-state index is -1.96. The summed E-state index contributed by atoms with van der Waals surface area (Å²) < 4.78 is 25.3. The van der Waals surface area contributed by atoms with Crippen molar-refractivity contribution in [3.63, 3.8) is 0 Å². The fourth-order valence-electron chi connectivity index (χ4n) is 4.73. The number of likely N-dealkylation sites (N-methyl/N-ethyl adjacent to an activating group) is 1. The summed E-state index contributed by atoms with van der Waals surface area (Å²) >= 11 is 1.09. The molecule has 4 aromatic rings. The monoisotopic (exact) mass is 501 g/mol. The van der Waals surface area contributed by atoms with E-state index < -0.39 is 11.8 Å². The third-order valence-corrected chi connectivity index (χ3v) is 7.24. The van der Waals surface area contributed by atoms with Gasteiger partial charge in [0.1, 0.15) is 29.1 Å².